The summed E-state index contributed by atoms with van der Waals surface area (Å²) in [7, 11) is 0. The Labute approximate surface area is 208 Å². The molecule has 36 heavy (non-hydrogen) atoms. The van der Waals surface area contributed by atoms with E-state index in [9.17, 15) is 9.59 Å². The molecule has 1 aromatic heterocycles. The van der Waals surface area contributed by atoms with Gasteiger partial charge in [0.05, 0.1) is 12.6 Å². The first-order valence-corrected chi connectivity index (χ1v) is 11.9. The van der Waals surface area contributed by atoms with Crippen molar-refractivity contribution in [3.05, 3.63) is 95.2 Å². The van der Waals surface area contributed by atoms with Crippen LogP contribution in [0.3, 0.4) is 0 Å². The van der Waals surface area contributed by atoms with Gasteiger partial charge in [-0.2, -0.15) is 0 Å². The third-order valence-corrected chi connectivity index (χ3v) is 6.51. The van der Waals surface area contributed by atoms with Crippen LogP contribution >= 0.6 is 0 Å². The summed E-state index contributed by atoms with van der Waals surface area (Å²) in [6.07, 6.45) is 3.36. The zero-order valence-electron chi connectivity index (χ0n) is 19.9. The molecule has 1 aliphatic rings. The minimum Gasteiger partial charge on any atom is -0.481 e. The lowest BCUT2D eigenvalue weighted by Crippen LogP contribution is -2.16. The van der Waals surface area contributed by atoms with Crippen LogP contribution in [0.5, 0.6) is 0 Å². The summed E-state index contributed by atoms with van der Waals surface area (Å²) in [5.74, 6) is -0.344. The van der Waals surface area contributed by atoms with Gasteiger partial charge in [0.15, 0.2) is 5.76 Å². The fourth-order valence-electron chi connectivity index (χ4n) is 4.78. The fourth-order valence-corrected chi connectivity index (χ4v) is 4.78. The highest BCUT2D eigenvalue weighted by molar-refractivity contribution is 5.91. The molecule has 1 unspecified atom stereocenters. The molecule has 0 bridgehead atoms. The number of hydrogen-bond donors (Lipinski definition) is 2. The van der Waals surface area contributed by atoms with Gasteiger partial charge in [-0.1, -0.05) is 71.9 Å². The molecule has 1 amide bonds. The maximum atomic E-state index is 12.6. The molecule has 7 nitrogen and oxygen atoms in total. The van der Waals surface area contributed by atoms with Gasteiger partial charge >= 0.3 is 12.1 Å². The lowest BCUT2D eigenvalue weighted by Gasteiger charge is -2.15. The van der Waals surface area contributed by atoms with Crippen molar-refractivity contribution in [2.75, 3.05) is 5.32 Å². The number of carboxylic acid groups (broad SMARTS) is 1. The summed E-state index contributed by atoms with van der Waals surface area (Å²) in [6.45, 7) is 1.82. The predicted molar refractivity (Wildman–Crippen MR) is 136 cm³/mol. The molecule has 0 saturated carbocycles. The van der Waals surface area contributed by atoms with Crippen molar-refractivity contribution in [3.8, 4) is 22.5 Å². The molecule has 5 rings (SSSR count). The van der Waals surface area contributed by atoms with Crippen molar-refractivity contribution < 1.29 is 24.0 Å². The van der Waals surface area contributed by atoms with Crippen LogP contribution in [0.15, 0.2) is 77.4 Å². The number of aromatic nitrogens is 1. The standard InChI is InChI=1S/C29H26N2O5/c1-18(20-6-3-2-4-7-20)35-29(34)31-26-17-30-36-28(26)25-15-14-22(23-8-5-9-24(23)25)21-12-10-19(11-13-21)16-27(32)33/h2-4,6-7,10-15,17-18H,5,8-9,16H2,1H3,(H,31,34)(H,32,33). The Hall–Kier alpha value is -4.39. The number of fused-ring (bicyclic) bond motifs is 1. The Kier molecular flexibility index (Phi) is 6.54. The first kappa shape index (κ1) is 23.4. The van der Waals surface area contributed by atoms with E-state index in [1.54, 1.807) is 0 Å². The van der Waals surface area contributed by atoms with Crippen LogP contribution in [0.1, 0.15) is 41.7 Å². The number of benzene rings is 3. The quantitative estimate of drug-likeness (QED) is 0.315. The minimum absolute atomic E-state index is 0.00512. The number of aliphatic carboxylic acids is 1. The van der Waals surface area contributed by atoms with E-state index in [1.165, 1.54) is 17.3 Å². The predicted octanol–water partition coefficient (Wildman–Crippen LogP) is 6.43. The summed E-state index contributed by atoms with van der Waals surface area (Å²) in [6, 6.07) is 21.2. The molecule has 1 atom stereocenters. The van der Waals surface area contributed by atoms with Crippen LogP contribution in [0, 0.1) is 0 Å². The summed E-state index contributed by atoms with van der Waals surface area (Å²) < 4.78 is 11.1. The van der Waals surface area contributed by atoms with Gasteiger partial charge in [0, 0.05) is 5.56 Å². The van der Waals surface area contributed by atoms with E-state index in [-0.39, 0.29) is 6.42 Å². The average molecular weight is 483 g/mol. The number of nitrogens with one attached hydrogen (secondary N) is 1. The maximum absolute atomic E-state index is 12.6. The zero-order chi connectivity index (χ0) is 25.1. The van der Waals surface area contributed by atoms with Gasteiger partial charge in [-0.15, -0.1) is 0 Å². The molecule has 1 heterocycles. The van der Waals surface area contributed by atoms with Crippen LogP contribution in [-0.2, 0) is 28.8 Å². The van der Waals surface area contributed by atoms with E-state index in [0.29, 0.717) is 11.4 Å². The van der Waals surface area contributed by atoms with Crippen molar-refractivity contribution in [3.63, 3.8) is 0 Å². The highest BCUT2D eigenvalue weighted by Crippen LogP contribution is 2.41. The molecule has 0 aliphatic heterocycles. The number of anilines is 1. The second-order valence-corrected chi connectivity index (χ2v) is 8.89. The fraction of sp³-hybridized carbons (Fsp3) is 0.207. The third-order valence-electron chi connectivity index (χ3n) is 6.51. The molecule has 4 aromatic rings. The summed E-state index contributed by atoms with van der Waals surface area (Å²) in [5.41, 5.74) is 7.61. The van der Waals surface area contributed by atoms with E-state index in [0.717, 1.165) is 47.1 Å². The van der Waals surface area contributed by atoms with Gasteiger partial charge in [0.25, 0.3) is 0 Å². The Morgan fingerprint density at radius 3 is 2.42 bits per heavy atom. The summed E-state index contributed by atoms with van der Waals surface area (Å²) >= 11 is 0. The second-order valence-electron chi connectivity index (χ2n) is 8.89. The van der Waals surface area contributed by atoms with Crippen LogP contribution < -0.4 is 5.32 Å². The van der Waals surface area contributed by atoms with E-state index in [1.807, 2.05) is 73.7 Å². The van der Waals surface area contributed by atoms with Crippen molar-refractivity contribution in [2.45, 2.75) is 38.7 Å². The monoisotopic (exact) mass is 482 g/mol. The van der Waals surface area contributed by atoms with Gasteiger partial charge in [-0.3, -0.25) is 10.1 Å². The van der Waals surface area contributed by atoms with Crippen LogP contribution in [0.2, 0.25) is 0 Å². The summed E-state index contributed by atoms with van der Waals surface area (Å²) in [4.78, 5) is 23.6. The number of carbonyl (C=O) groups is 2. The van der Waals surface area contributed by atoms with E-state index in [2.05, 4.69) is 10.5 Å². The first-order chi connectivity index (χ1) is 17.5. The van der Waals surface area contributed by atoms with Crippen molar-refractivity contribution in [1.82, 2.24) is 5.16 Å². The average Bonchev–Trinajstić information content (AvgIpc) is 3.54. The van der Waals surface area contributed by atoms with Gasteiger partial charge in [0.2, 0.25) is 0 Å². The van der Waals surface area contributed by atoms with Crippen LogP contribution in [0.25, 0.3) is 22.5 Å². The van der Waals surface area contributed by atoms with Gasteiger partial charge in [-0.05, 0) is 59.6 Å². The molecule has 0 radical (unpaired) electrons. The van der Waals surface area contributed by atoms with Crippen molar-refractivity contribution in [1.29, 1.82) is 0 Å². The molecule has 1 aliphatic carbocycles. The second kappa shape index (κ2) is 10.1. The Balaban J connectivity index is 1.38. The highest BCUT2D eigenvalue weighted by Gasteiger charge is 2.24. The van der Waals surface area contributed by atoms with E-state index in [4.69, 9.17) is 14.4 Å². The summed E-state index contributed by atoms with van der Waals surface area (Å²) in [5, 5.41) is 15.7. The molecule has 2 N–H and O–H groups in total. The van der Waals surface area contributed by atoms with Crippen molar-refractivity contribution >= 4 is 17.7 Å². The molecular formula is C29H26N2O5. The van der Waals surface area contributed by atoms with E-state index < -0.39 is 18.2 Å². The molecule has 7 heteroatoms. The van der Waals surface area contributed by atoms with Gasteiger partial charge in [-0.25, -0.2) is 4.79 Å². The Bertz CT molecular complexity index is 1390. The molecular weight excluding hydrogens is 456 g/mol. The lowest BCUT2D eigenvalue weighted by atomic mass is 9.92. The van der Waals surface area contributed by atoms with E-state index >= 15 is 0 Å². The van der Waals surface area contributed by atoms with Crippen LogP contribution in [-0.4, -0.2) is 22.3 Å². The molecule has 3 aromatic carbocycles. The van der Waals surface area contributed by atoms with Crippen LogP contribution in [0.4, 0.5) is 10.5 Å². The highest BCUT2D eigenvalue weighted by atomic mass is 16.6. The van der Waals surface area contributed by atoms with Gasteiger partial charge in [0.1, 0.15) is 11.8 Å². The SMILES string of the molecule is CC(OC(=O)Nc1cnoc1-c1ccc(-c2ccc(CC(=O)O)cc2)c2c1CCC2)c1ccccc1. The number of ether oxygens (including phenoxy) is 1. The lowest BCUT2D eigenvalue weighted by molar-refractivity contribution is -0.136. The largest absolute Gasteiger partial charge is 0.481 e. The zero-order valence-corrected chi connectivity index (χ0v) is 19.9. The topological polar surface area (TPSA) is 102 Å². The number of nitrogens with zero attached hydrogens (tertiary/aromatic N) is 1. The number of amides is 1. The number of hydrogen-bond acceptors (Lipinski definition) is 5. The molecule has 0 spiro atoms. The smallest absolute Gasteiger partial charge is 0.412 e. The Morgan fingerprint density at radius 2 is 1.69 bits per heavy atom. The van der Waals surface area contributed by atoms with Gasteiger partial charge < -0.3 is 14.4 Å². The molecule has 182 valence electrons. The maximum Gasteiger partial charge on any atom is 0.412 e. The Morgan fingerprint density at radius 1 is 1.00 bits per heavy atom. The number of carbonyl (C=O) groups excluding carboxylic acids is 1. The normalized spacial score (nSPS) is 13.1. The third kappa shape index (κ3) is 4.86. The number of rotatable bonds is 7. The molecule has 0 fully saturated rings. The minimum atomic E-state index is -0.845. The van der Waals surface area contributed by atoms with Crippen molar-refractivity contribution in [2.24, 2.45) is 0 Å². The number of carboxylic acids is 1. The molecule has 0 saturated heterocycles. The first-order valence-electron chi connectivity index (χ1n) is 11.9.